The van der Waals surface area contributed by atoms with Crippen LogP contribution in [0.3, 0.4) is 0 Å². The van der Waals surface area contributed by atoms with Crippen LogP contribution in [0, 0.1) is 13.8 Å². The van der Waals surface area contributed by atoms with Gasteiger partial charge >= 0.3 is 0 Å². The van der Waals surface area contributed by atoms with Crippen LogP contribution in [0.15, 0.2) is 47.4 Å². The quantitative estimate of drug-likeness (QED) is 0.746. The lowest BCUT2D eigenvalue weighted by Gasteiger charge is -2.10. The number of H-pyrrole nitrogens is 1. The second-order valence-corrected chi connectivity index (χ2v) is 5.86. The predicted octanol–water partition coefficient (Wildman–Crippen LogP) is 4.05. The number of anilines is 1. The van der Waals surface area contributed by atoms with Gasteiger partial charge in [-0.05, 0) is 49.2 Å². The first-order chi connectivity index (χ1) is 11.0. The van der Waals surface area contributed by atoms with Crippen molar-refractivity contribution < 1.29 is 4.79 Å². The third kappa shape index (κ3) is 2.85. The number of amides is 1. The minimum Gasteiger partial charge on any atom is -0.360 e. The summed E-state index contributed by atoms with van der Waals surface area (Å²) in [7, 11) is 0. The Bertz CT molecular complexity index is 976. The molecule has 0 fully saturated rings. The summed E-state index contributed by atoms with van der Waals surface area (Å²) in [6, 6.07) is 10.6. The maximum atomic E-state index is 12.5. The second-order valence-electron chi connectivity index (χ2n) is 5.42. The fraction of sp³-hybridized carbons (Fsp3) is 0.111. The van der Waals surface area contributed by atoms with E-state index in [1.54, 1.807) is 18.2 Å². The molecule has 0 saturated heterocycles. The van der Waals surface area contributed by atoms with Gasteiger partial charge in [-0.3, -0.25) is 9.59 Å². The van der Waals surface area contributed by atoms with E-state index in [4.69, 9.17) is 11.6 Å². The Kier molecular flexibility index (Phi) is 3.92. The molecule has 0 radical (unpaired) electrons. The van der Waals surface area contributed by atoms with E-state index in [0.717, 1.165) is 11.1 Å². The number of hydrogen-bond acceptors (Lipinski definition) is 2. The molecule has 1 amide bonds. The van der Waals surface area contributed by atoms with E-state index in [1.807, 2.05) is 32.0 Å². The molecule has 0 aliphatic rings. The predicted molar refractivity (Wildman–Crippen MR) is 93.4 cm³/mol. The smallest absolute Gasteiger partial charge is 0.261 e. The van der Waals surface area contributed by atoms with Crippen molar-refractivity contribution in [2.75, 3.05) is 5.32 Å². The third-order valence-corrected chi connectivity index (χ3v) is 4.18. The summed E-state index contributed by atoms with van der Waals surface area (Å²) >= 11 is 5.91. The number of fused-ring (bicyclic) bond motifs is 1. The van der Waals surface area contributed by atoms with Gasteiger partial charge in [-0.2, -0.15) is 0 Å². The number of rotatable bonds is 2. The molecule has 0 aliphatic heterocycles. The average Bonchev–Trinajstić information content (AvgIpc) is 2.52. The SMILES string of the molecule is Cc1cccc(NC(=O)c2c[nH]c3cc(Cl)ccc3c2=O)c1C. The number of benzene rings is 2. The number of carbonyl (C=O) groups excluding carboxylic acids is 1. The summed E-state index contributed by atoms with van der Waals surface area (Å²) in [5, 5.41) is 3.76. The van der Waals surface area contributed by atoms with Crippen LogP contribution in [0.2, 0.25) is 5.02 Å². The highest BCUT2D eigenvalue weighted by Crippen LogP contribution is 2.19. The van der Waals surface area contributed by atoms with Gasteiger partial charge in [0.25, 0.3) is 5.91 Å². The second kappa shape index (κ2) is 5.89. The number of aryl methyl sites for hydroxylation is 1. The van der Waals surface area contributed by atoms with Crippen LogP contribution in [0.25, 0.3) is 10.9 Å². The van der Waals surface area contributed by atoms with Gasteiger partial charge in [0.15, 0.2) is 0 Å². The van der Waals surface area contributed by atoms with Crippen molar-refractivity contribution in [2.45, 2.75) is 13.8 Å². The molecule has 0 saturated carbocycles. The molecule has 0 unspecified atom stereocenters. The Morgan fingerprint density at radius 3 is 2.74 bits per heavy atom. The van der Waals surface area contributed by atoms with E-state index < -0.39 is 5.91 Å². The molecule has 23 heavy (non-hydrogen) atoms. The van der Waals surface area contributed by atoms with E-state index in [2.05, 4.69) is 10.3 Å². The molecule has 5 heteroatoms. The molecule has 0 bridgehead atoms. The summed E-state index contributed by atoms with van der Waals surface area (Å²) in [6.07, 6.45) is 1.42. The number of carbonyl (C=O) groups is 1. The van der Waals surface area contributed by atoms with Gasteiger partial charge in [-0.15, -0.1) is 0 Å². The van der Waals surface area contributed by atoms with Crippen molar-refractivity contribution >= 4 is 34.1 Å². The van der Waals surface area contributed by atoms with Crippen molar-refractivity contribution in [1.82, 2.24) is 4.98 Å². The van der Waals surface area contributed by atoms with Crippen LogP contribution < -0.4 is 10.7 Å². The molecule has 0 aliphatic carbocycles. The van der Waals surface area contributed by atoms with Gasteiger partial charge in [0.2, 0.25) is 5.43 Å². The first-order valence-corrected chi connectivity index (χ1v) is 7.53. The van der Waals surface area contributed by atoms with Crippen molar-refractivity contribution in [3.05, 3.63) is 74.5 Å². The van der Waals surface area contributed by atoms with Crippen LogP contribution in [0.1, 0.15) is 21.5 Å². The van der Waals surface area contributed by atoms with Crippen molar-refractivity contribution in [3.8, 4) is 0 Å². The van der Waals surface area contributed by atoms with Crippen LogP contribution in [0.5, 0.6) is 0 Å². The summed E-state index contributed by atoms with van der Waals surface area (Å²) in [4.78, 5) is 27.9. The molecule has 3 aromatic rings. The zero-order chi connectivity index (χ0) is 16.6. The number of aromatic nitrogens is 1. The van der Waals surface area contributed by atoms with E-state index in [0.29, 0.717) is 21.6 Å². The van der Waals surface area contributed by atoms with Gasteiger partial charge in [0.05, 0.1) is 5.52 Å². The molecule has 116 valence electrons. The van der Waals surface area contributed by atoms with E-state index in [1.165, 1.54) is 6.20 Å². The Balaban J connectivity index is 2.01. The Hall–Kier alpha value is -2.59. The Morgan fingerprint density at radius 1 is 1.17 bits per heavy atom. The van der Waals surface area contributed by atoms with Gasteiger partial charge in [-0.1, -0.05) is 23.7 Å². The van der Waals surface area contributed by atoms with Crippen molar-refractivity contribution in [1.29, 1.82) is 0 Å². The molecule has 2 N–H and O–H groups in total. The normalized spacial score (nSPS) is 10.7. The van der Waals surface area contributed by atoms with E-state index in [-0.39, 0.29) is 11.0 Å². The molecule has 2 aromatic carbocycles. The molecule has 1 aromatic heterocycles. The lowest BCUT2D eigenvalue weighted by atomic mass is 10.1. The maximum absolute atomic E-state index is 12.5. The fourth-order valence-corrected chi connectivity index (χ4v) is 2.61. The summed E-state index contributed by atoms with van der Waals surface area (Å²) in [6.45, 7) is 3.90. The van der Waals surface area contributed by atoms with Crippen molar-refractivity contribution in [3.63, 3.8) is 0 Å². The monoisotopic (exact) mass is 326 g/mol. The van der Waals surface area contributed by atoms with Gasteiger partial charge < -0.3 is 10.3 Å². The van der Waals surface area contributed by atoms with Crippen molar-refractivity contribution in [2.24, 2.45) is 0 Å². The highest BCUT2D eigenvalue weighted by Gasteiger charge is 2.14. The molecular weight excluding hydrogens is 312 g/mol. The molecule has 0 spiro atoms. The number of hydrogen-bond donors (Lipinski definition) is 2. The molecule has 0 atom stereocenters. The number of pyridine rings is 1. The summed E-state index contributed by atoms with van der Waals surface area (Å²) < 4.78 is 0. The van der Waals surface area contributed by atoms with Gasteiger partial charge in [-0.25, -0.2) is 0 Å². The van der Waals surface area contributed by atoms with E-state index in [9.17, 15) is 9.59 Å². The van der Waals surface area contributed by atoms with Crippen LogP contribution in [0.4, 0.5) is 5.69 Å². The lowest BCUT2D eigenvalue weighted by molar-refractivity contribution is 0.102. The minimum absolute atomic E-state index is 0.0701. The zero-order valence-electron chi connectivity index (χ0n) is 12.7. The highest BCUT2D eigenvalue weighted by atomic mass is 35.5. The topological polar surface area (TPSA) is 62.0 Å². The highest BCUT2D eigenvalue weighted by molar-refractivity contribution is 6.31. The van der Waals surface area contributed by atoms with Crippen LogP contribution in [-0.4, -0.2) is 10.9 Å². The molecular formula is C18H15ClN2O2. The van der Waals surface area contributed by atoms with Crippen LogP contribution >= 0.6 is 11.6 Å². The molecule has 3 rings (SSSR count). The molecule has 4 nitrogen and oxygen atoms in total. The number of aromatic amines is 1. The van der Waals surface area contributed by atoms with Gasteiger partial charge in [0, 0.05) is 22.3 Å². The Morgan fingerprint density at radius 2 is 1.96 bits per heavy atom. The fourth-order valence-electron chi connectivity index (χ4n) is 2.44. The average molecular weight is 327 g/mol. The summed E-state index contributed by atoms with van der Waals surface area (Å²) in [5.41, 5.74) is 3.10. The zero-order valence-corrected chi connectivity index (χ0v) is 13.5. The largest absolute Gasteiger partial charge is 0.360 e. The minimum atomic E-state index is -0.434. The standard InChI is InChI=1S/C18H15ClN2O2/c1-10-4-3-5-15(11(10)2)21-18(23)14-9-20-16-8-12(19)6-7-13(16)17(14)22/h3-9H,1-2H3,(H,20,22)(H,21,23). The van der Waals surface area contributed by atoms with Crippen LogP contribution in [-0.2, 0) is 0 Å². The molecule has 1 heterocycles. The van der Waals surface area contributed by atoms with E-state index >= 15 is 0 Å². The first-order valence-electron chi connectivity index (χ1n) is 7.16. The lowest BCUT2D eigenvalue weighted by Crippen LogP contribution is -2.22. The third-order valence-electron chi connectivity index (χ3n) is 3.94. The number of nitrogens with one attached hydrogen (secondary N) is 2. The number of halogens is 1. The van der Waals surface area contributed by atoms with Gasteiger partial charge in [0.1, 0.15) is 5.56 Å². The maximum Gasteiger partial charge on any atom is 0.261 e. The summed E-state index contributed by atoms with van der Waals surface area (Å²) in [5.74, 6) is -0.434. The Labute approximate surface area is 138 Å². The first kappa shape index (κ1) is 15.3.